The first-order valence-electron chi connectivity index (χ1n) is 13.3. The van der Waals surface area contributed by atoms with Gasteiger partial charge in [0.05, 0.1) is 24.2 Å². The highest BCUT2D eigenvalue weighted by atomic mass is 16.5. The topological polar surface area (TPSA) is 157 Å². The van der Waals surface area contributed by atoms with Crippen LogP contribution in [0, 0.1) is 0 Å². The second kappa shape index (κ2) is 13.0. The van der Waals surface area contributed by atoms with Crippen molar-refractivity contribution in [3.63, 3.8) is 0 Å². The van der Waals surface area contributed by atoms with Crippen LogP contribution in [0.25, 0.3) is 22.3 Å². The summed E-state index contributed by atoms with van der Waals surface area (Å²) in [6.07, 6.45) is 5.48. The molecular weight excluding hydrogens is 510 g/mol. The van der Waals surface area contributed by atoms with E-state index in [1.807, 2.05) is 47.1 Å². The number of ether oxygens (including phenoxy) is 1. The first-order valence-corrected chi connectivity index (χ1v) is 13.3. The Balaban J connectivity index is 0.000000867. The zero-order valence-electron chi connectivity index (χ0n) is 23.0. The number of hydrogen-bond donors (Lipinski definition) is 4. The molecule has 2 aromatic carbocycles. The van der Waals surface area contributed by atoms with Gasteiger partial charge in [-0.15, -0.1) is 0 Å². The SMILES string of the molecule is CC(=O)O.CCCc1ccc(C(=O)Nc2ccc(-c3nn(C4CCNCC4)c4ncnc(N)c34)cc2OC)cc1. The van der Waals surface area contributed by atoms with E-state index in [0.717, 1.165) is 62.3 Å². The lowest BCUT2D eigenvalue weighted by molar-refractivity contribution is -0.134. The van der Waals surface area contributed by atoms with E-state index in [0.29, 0.717) is 28.5 Å². The lowest BCUT2D eigenvalue weighted by Crippen LogP contribution is -2.30. The summed E-state index contributed by atoms with van der Waals surface area (Å²) in [5, 5.41) is 19.4. The molecule has 1 aliphatic heterocycles. The van der Waals surface area contributed by atoms with Crippen molar-refractivity contribution in [2.75, 3.05) is 31.2 Å². The Hall–Kier alpha value is -4.51. The number of nitrogens with zero attached hydrogens (tertiary/aromatic N) is 4. The number of nitrogens with two attached hydrogens (primary N) is 1. The third-order valence-electron chi connectivity index (χ3n) is 6.65. The molecular formula is C29H35N7O4. The van der Waals surface area contributed by atoms with Gasteiger partial charge >= 0.3 is 0 Å². The molecule has 0 radical (unpaired) electrons. The molecule has 0 saturated carbocycles. The number of anilines is 2. The van der Waals surface area contributed by atoms with Crippen molar-refractivity contribution in [2.24, 2.45) is 0 Å². The van der Waals surface area contributed by atoms with Gasteiger partial charge in [0.2, 0.25) is 0 Å². The van der Waals surface area contributed by atoms with E-state index in [2.05, 4.69) is 27.5 Å². The van der Waals surface area contributed by atoms with Crippen LogP contribution < -0.4 is 21.1 Å². The zero-order chi connectivity index (χ0) is 28.6. The van der Waals surface area contributed by atoms with Gasteiger partial charge in [-0.1, -0.05) is 31.5 Å². The fourth-order valence-electron chi connectivity index (χ4n) is 4.75. The molecule has 3 heterocycles. The van der Waals surface area contributed by atoms with Gasteiger partial charge in [-0.25, -0.2) is 14.6 Å². The van der Waals surface area contributed by atoms with Crippen LogP contribution in [0.2, 0.25) is 0 Å². The van der Waals surface area contributed by atoms with Crippen molar-refractivity contribution >= 4 is 34.4 Å². The van der Waals surface area contributed by atoms with Crippen molar-refractivity contribution in [3.05, 3.63) is 59.9 Å². The molecule has 0 aliphatic carbocycles. The molecule has 4 aromatic rings. The Bertz CT molecular complexity index is 1470. The van der Waals surface area contributed by atoms with E-state index in [-0.39, 0.29) is 11.9 Å². The zero-order valence-corrected chi connectivity index (χ0v) is 23.0. The summed E-state index contributed by atoms with van der Waals surface area (Å²) < 4.78 is 7.62. The predicted octanol–water partition coefficient (Wildman–Crippen LogP) is 4.30. The maximum absolute atomic E-state index is 12.9. The third kappa shape index (κ3) is 6.55. The molecule has 210 valence electrons. The van der Waals surface area contributed by atoms with Crippen LogP contribution in [-0.4, -0.2) is 56.9 Å². The molecule has 2 aromatic heterocycles. The molecule has 5 rings (SSSR count). The van der Waals surface area contributed by atoms with Gasteiger partial charge in [-0.05, 0) is 62.2 Å². The average molecular weight is 546 g/mol. The number of carboxylic acids is 1. The number of fused-ring (bicyclic) bond motifs is 1. The number of aryl methyl sites for hydroxylation is 1. The van der Waals surface area contributed by atoms with Crippen molar-refractivity contribution in [3.8, 4) is 17.0 Å². The lowest BCUT2D eigenvalue weighted by atomic mass is 10.1. The molecule has 0 bridgehead atoms. The number of nitrogen functional groups attached to an aromatic ring is 1. The number of carbonyl (C=O) groups is 2. The fourth-order valence-corrected chi connectivity index (χ4v) is 4.75. The number of aliphatic carboxylic acids is 1. The van der Waals surface area contributed by atoms with Crippen LogP contribution in [0.1, 0.15) is 55.1 Å². The molecule has 40 heavy (non-hydrogen) atoms. The number of hydrogen-bond acceptors (Lipinski definition) is 8. The monoisotopic (exact) mass is 545 g/mol. The standard InChI is InChI=1S/C27H31N7O2.C2H4O2/c1-3-4-17-5-7-18(8-6-17)27(35)32-21-10-9-19(15-22(21)36-2)24-23-25(28)30-16-31-26(23)34(33-24)20-11-13-29-14-12-20;1-2(3)4/h5-10,15-16,20,29H,3-4,11-14H2,1-2H3,(H,32,35)(H2,28,30,31);1H3,(H,3,4). The Morgan fingerprint density at radius 2 is 1.85 bits per heavy atom. The van der Waals surface area contributed by atoms with Crippen molar-refractivity contribution < 1.29 is 19.4 Å². The van der Waals surface area contributed by atoms with Crippen LogP contribution in [-0.2, 0) is 11.2 Å². The van der Waals surface area contributed by atoms with Gasteiger partial charge < -0.3 is 26.2 Å². The van der Waals surface area contributed by atoms with E-state index in [4.69, 9.17) is 25.5 Å². The normalized spacial score (nSPS) is 13.4. The average Bonchev–Trinajstić information content (AvgIpc) is 3.35. The summed E-state index contributed by atoms with van der Waals surface area (Å²) in [7, 11) is 1.58. The molecule has 0 atom stereocenters. The van der Waals surface area contributed by atoms with Crippen LogP contribution >= 0.6 is 0 Å². The van der Waals surface area contributed by atoms with E-state index in [9.17, 15) is 4.79 Å². The molecule has 1 fully saturated rings. The number of amides is 1. The second-order valence-corrected chi connectivity index (χ2v) is 9.57. The highest BCUT2D eigenvalue weighted by Gasteiger charge is 2.24. The number of aromatic nitrogens is 4. The largest absolute Gasteiger partial charge is 0.495 e. The van der Waals surface area contributed by atoms with Crippen LogP contribution in [0.4, 0.5) is 11.5 Å². The van der Waals surface area contributed by atoms with Crippen LogP contribution in [0.3, 0.4) is 0 Å². The highest BCUT2D eigenvalue weighted by Crippen LogP contribution is 2.37. The van der Waals surface area contributed by atoms with Crippen LogP contribution in [0.5, 0.6) is 5.75 Å². The van der Waals surface area contributed by atoms with Crippen molar-refractivity contribution in [1.82, 2.24) is 25.1 Å². The quantitative estimate of drug-likeness (QED) is 0.266. The Morgan fingerprint density at radius 3 is 2.50 bits per heavy atom. The molecule has 0 unspecified atom stereocenters. The number of rotatable bonds is 7. The Kier molecular flexibility index (Phi) is 9.28. The number of piperidine rings is 1. The first kappa shape index (κ1) is 28.5. The smallest absolute Gasteiger partial charge is 0.300 e. The van der Waals surface area contributed by atoms with Gasteiger partial charge in [0.15, 0.2) is 5.65 Å². The summed E-state index contributed by atoms with van der Waals surface area (Å²) in [4.78, 5) is 30.6. The molecule has 1 aliphatic rings. The fraction of sp³-hybridized carbons (Fsp3) is 0.345. The third-order valence-corrected chi connectivity index (χ3v) is 6.65. The minimum atomic E-state index is -0.833. The summed E-state index contributed by atoms with van der Waals surface area (Å²) in [6.45, 7) is 5.09. The molecule has 11 nitrogen and oxygen atoms in total. The lowest BCUT2D eigenvalue weighted by Gasteiger charge is -2.23. The number of nitrogens with one attached hydrogen (secondary N) is 2. The van der Waals surface area contributed by atoms with Crippen molar-refractivity contribution in [2.45, 2.75) is 45.6 Å². The summed E-state index contributed by atoms with van der Waals surface area (Å²) in [6, 6.07) is 13.5. The summed E-state index contributed by atoms with van der Waals surface area (Å²) >= 11 is 0. The molecule has 5 N–H and O–H groups in total. The van der Waals surface area contributed by atoms with Gasteiger partial charge in [-0.3, -0.25) is 9.59 Å². The predicted molar refractivity (Wildman–Crippen MR) is 155 cm³/mol. The van der Waals surface area contributed by atoms with Crippen LogP contribution in [0.15, 0.2) is 48.8 Å². The second-order valence-electron chi connectivity index (χ2n) is 9.57. The van der Waals surface area contributed by atoms with E-state index in [1.165, 1.54) is 11.9 Å². The Labute approximate surface area is 232 Å². The summed E-state index contributed by atoms with van der Waals surface area (Å²) in [5.41, 5.74) is 10.9. The molecule has 1 amide bonds. The first-order chi connectivity index (χ1) is 19.3. The van der Waals surface area contributed by atoms with Gasteiger partial charge in [0.1, 0.15) is 23.6 Å². The number of benzene rings is 2. The summed E-state index contributed by atoms with van der Waals surface area (Å²) in [5.74, 6) is -0.108. The van der Waals surface area contributed by atoms with Gasteiger partial charge in [-0.2, -0.15) is 5.10 Å². The maximum Gasteiger partial charge on any atom is 0.300 e. The molecule has 1 saturated heterocycles. The van der Waals surface area contributed by atoms with E-state index >= 15 is 0 Å². The number of methoxy groups -OCH3 is 1. The molecule has 11 heteroatoms. The van der Waals surface area contributed by atoms with Gasteiger partial charge in [0, 0.05) is 18.1 Å². The highest BCUT2D eigenvalue weighted by molar-refractivity contribution is 6.05. The molecule has 0 spiro atoms. The maximum atomic E-state index is 12.9. The minimum absolute atomic E-state index is 0.192. The Morgan fingerprint density at radius 1 is 1.15 bits per heavy atom. The van der Waals surface area contributed by atoms with E-state index in [1.54, 1.807) is 7.11 Å². The number of carbonyl (C=O) groups excluding carboxylic acids is 1. The minimum Gasteiger partial charge on any atom is -0.495 e. The van der Waals surface area contributed by atoms with E-state index < -0.39 is 5.97 Å². The van der Waals surface area contributed by atoms with Gasteiger partial charge in [0.25, 0.3) is 11.9 Å². The van der Waals surface area contributed by atoms with Crippen molar-refractivity contribution in [1.29, 1.82) is 0 Å². The number of carboxylic acid groups (broad SMARTS) is 1.